The van der Waals surface area contributed by atoms with Crippen molar-refractivity contribution >= 4 is 31.9 Å². The van der Waals surface area contributed by atoms with Crippen molar-refractivity contribution in [2.75, 3.05) is 0 Å². The van der Waals surface area contributed by atoms with E-state index in [1.165, 1.54) is 0 Å². The van der Waals surface area contributed by atoms with E-state index in [-0.39, 0.29) is 18.0 Å². The molecule has 2 fully saturated rings. The van der Waals surface area contributed by atoms with E-state index < -0.39 is 0 Å². The Labute approximate surface area is 95.6 Å². The Balaban J connectivity index is 2.05. The van der Waals surface area contributed by atoms with E-state index in [4.69, 9.17) is 9.47 Å². The van der Waals surface area contributed by atoms with Crippen LogP contribution in [0.4, 0.5) is 0 Å². The number of fused-ring (bicyclic) bond motifs is 1. The summed E-state index contributed by atoms with van der Waals surface area (Å²) in [4.78, 5) is 1.01. The van der Waals surface area contributed by atoms with E-state index in [9.17, 15) is 0 Å². The molecular weight excluding hydrogens is 300 g/mol. The molecule has 2 rings (SSSR count). The predicted molar refractivity (Wildman–Crippen MR) is 58.5 cm³/mol. The fourth-order valence-electron chi connectivity index (χ4n) is 2.05. The van der Waals surface area contributed by atoms with Crippen LogP contribution in [0.5, 0.6) is 0 Å². The van der Waals surface area contributed by atoms with Gasteiger partial charge in [-0.15, -0.1) is 0 Å². The Kier molecular flexibility index (Phi) is 2.78. The molecule has 0 aromatic rings. The van der Waals surface area contributed by atoms with Gasteiger partial charge < -0.3 is 9.47 Å². The van der Waals surface area contributed by atoms with Crippen molar-refractivity contribution in [3.05, 3.63) is 0 Å². The van der Waals surface area contributed by atoms with Gasteiger partial charge in [0.1, 0.15) is 0 Å². The Bertz CT molecular complexity index is 188. The van der Waals surface area contributed by atoms with E-state index in [0.717, 1.165) is 12.8 Å². The summed E-state index contributed by atoms with van der Waals surface area (Å²) in [5.41, 5.74) is 0. The minimum Gasteiger partial charge on any atom is -0.345 e. The highest BCUT2D eigenvalue weighted by molar-refractivity contribution is 9.12. The van der Waals surface area contributed by atoms with Gasteiger partial charge in [-0.2, -0.15) is 0 Å². The van der Waals surface area contributed by atoms with Crippen LogP contribution in [0, 0.1) is 0 Å². The van der Waals surface area contributed by atoms with E-state index in [1.54, 1.807) is 0 Å². The van der Waals surface area contributed by atoms with Gasteiger partial charge in [0.25, 0.3) is 0 Å². The van der Waals surface area contributed by atoms with Gasteiger partial charge in [0.05, 0.1) is 12.2 Å². The zero-order valence-electron chi connectivity index (χ0n) is 7.80. The molecule has 76 valence electrons. The van der Waals surface area contributed by atoms with Gasteiger partial charge in [0.2, 0.25) is 0 Å². The van der Waals surface area contributed by atoms with E-state index in [1.807, 2.05) is 13.8 Å². The van der Waals surface area contributed by atoms with Crippen LogP contribution in [-0.2, 0) is 9.47 Å². The van der Waals surface area contributed by atoms with Crippen LogP contribution in [0.2, 0.25) is 0 Å². The van der Waals surface area contributed by atoms with Crippen LogP contribution in [0.25, 0.3) is 0 Å². The van der Waals surface area contributed by atoms with Crippen molar-refractivity contribution in [2.24, 2.45) is 0 Å². The zero-order valence-corrected chi connectivity index (χ0v) is 11.0. The summed E-state index contributed by atoms with van der Waals surface area (Å²) in [5.74, 6) is -0.390. The van der Waals surface area contributed by atoms with Crippen LogP contribution in [0.1, 0.15) is 26.7 Å². The van der Waals surface area contributed by atoms with Crippen molar-refractivity contribution in [1.29, 1.82) is 0 Å². The fraction of sp³-hybridized carbons (Fsp3) is 1.00. The summed E-state index contributed by atoms with van der Waals surface area (Å²) in [6.45, 7) is 3.97. The molecule has 2 nitrogen and oxygen atoms in total. The fourth-order valence-corrected chi connectivity index (χ4v) is 3.22. The highest BCUT2D eigenvalue weighted by atomic mass is 79.9. The average molecular weight is 314 g/mol. The molecule has 0 bridgehead atoms. The van der Waals surface area contributed by atoms with Crippen LogP contribution in [-0.4, -0.2) is 27.6 Å². The largest absolute Gasteiger partial charge is 0.345 e. The average Bonchev–Trinajstić information content (AvgIpc) is 2.24. The lowest BCUT2D eigenvalue weighted by atomic mass is 9.95. The molecule has 1 aliphatic heterocycles. The molecule has 0 spiro atoms. The third-order valence-electron chi connectivity index (χ3n) is 2.59. The maximum Gasteiger partial charge on any atom is 0.163 e. The summed E-state index contributed by atoms with van der Waals surface area (Å²) in [6, 6.07) is 0. The molecule has 2 aliphatic rings. The molecule has 1 heterocycles. The van der Waals surface area contributed by atoms with Crippen molar-refractivity contribution in [3.8, 4) is 0 Å². The van der Waals surface area contributed by atoms with Gasteiger partial charge >= 0.3 is 0 Å². The Morgan fingerprint density at radius 2 is 1.38 bits per heavy atom. The first-order valence-electron chi connectivity index (χ1n) is 4.62. The summed E-state index contributed by atoms with van der Waals surface area (Å²) >= 11 is 7.29. The second-order valence-corrected chi connectivity index (χ2v) is 6.57. The van der Waals surface area contributed by atoms with Crippen molar-refractivity contribution in [1.82, 2.24) is 0 Å². The monoisotopic (exact) mass is 312 g/mol. The quantitative estimate of drug-likeness (QED) is 0.640. The van der Waals surface area contributed by atoms with Crippen LogP contribution >= 0.6 is 31.9 Å². The molecule has 0 radical (unpaired) electrons. The smallest absolute Gasteiger partial charge is 0.163 e. The first-order valence-corrected chi connectivity index (χ1v) is 6.45. The Morgan fingerprint density at radius 3 is 1.77 bits per heavy atom. The van der Waals surface area contributed by atoms with Crippen molar-refractivity contribution in [3.63, 3.8) is 0 Å². The third-order valence-corrected chi connectivity index (χ3v) is 5.33. The molecule has 1 saturated carbocycles. The van der Waals surface area contributed by atoms with Gasteiger partial charge in [0.15, 0.2) is 5.79 Å². The first kappa shape index (κ1) is 10.4. The maximum atomic E-state index is 5.80. The lowest BCUT2D eigenvalue weighted by Crippen LogP contribution is -2.37. The van der Waals surface area contributed by atoms with Crippen molar-refractivity contribution < 1.29 is 9.47 Å². The molecule has 0 N–H and O–H groups in total. The first-order chi connectivity index (χ1) is 5.98. The van der Waals surface area contributed by atoms with E-state index in [2.05, 4.69) is 31.9 Å². The number of alkyl halides is 2. The predicted octanol–water partition coefficient (Wildman–Crippen LogP) is 2.83. The second-order valence-electron chi connectivity index (χ2n) is 4.22. The second kappa shape index (κ2) is 3.47. The Morgan fingerprint density at radius 1 is 1.00 bits per heavy atom. The Hall–Kier alpha value is 0.880. The number of ether oxygens (including phenoxy) is 2. The molecule has 0 amide bonds. The SMILES string of the molecule is CC1(C)O[C@H]2C[C@H](Br)[C@@H](Br)C[C@@H]2O1. The van der Waals surface area contributed by atoms with Crippen LogP contribution < -0.4 is 0 Å². The highest BCUT2D eigenvalue weighted by Gasteiger charge is 2.46. The van der Waals surface area contributed by atoms with Crippen LogP contribution in [0.3, 0.4) is 0 Å². The van der Waals surface area contributed by atoms with Crippen LogP contribution in [0.15, 0.2) is 0 Å². The van der Waals surface area contributed by atoms with Gasteiger partial charge in [-0.1, -0.05) is 31.9 Å². The molecule has 0 aromatic heterocycles. The van der Waals surface area contributed by atoms with Gasteiger partial charge in [-0.25, -0.2) is 0 Å². The van der Waals surface area contributed by atoms with Crippen molar-refractivity contribution in [2.45, 2.75) is 54.3 Å². The summed E-state index contributed by atoms with van der Waals surface area (Å²) in [6.07, 6.45) is 2.61. The molecule has 13 heavy (non-hydrogen) atoms. The molecule has 1 saturated heterocycles. The number of halogens is 2. The maximum absolute atomic E-state index is 5.80. The number of hydrogen-bond acceptors (Lipinski definition) is 2. The molecule has 4 heteroatoms. The molecule has 0 unspecified atom stereocenters. The van der Waals surface area contributed by atoms with Gasteiger partial charge in [-0.05, 0) is 26.7 Å². The summed E-state index contributed by atoms with van der Waals surface area (Å²) in [5, 5.41) is 0. The third kappa shape index (κ3) is 2.11. The highest BCUT2D eigenvalue weighted by Crippen LogP contribution is 2.40. The number of hydrogen-bond donors (Lipinski definition) is 0. The lowest BCUT2D eigenvalue weighted by molar-refractivity contribution is -0.145. The summed E-state index contributed by atoms with van der Waals surface area (Å²) < 4.78 is 11.6. The topological polar surface area (TPSA) is 18.5 Å². The summed E-state index contributed by atoms with van der Waals surface area (Å²) in [7, 11) is 0. The molecular formula is C9H14Br2O2. The normalized spacial score (nSPS) is 48.9. The van der Waals surface area contributed by atoms with E-state index >= 15 is 0 Å². The zero-order chi connectivity index (χ0) is 9.64. The molecule has 1 aliphatic carbocycles. The minimum absolute atomic E-state index is 0.271. The van der Waals surface area contributed by atoms with Gasteiger partial charge in [-0.3, -0.25) is 0 Å². The number of rotatable bonds is 0. The molecule has 4 atom stereocenters. The molecule has 0 aromatic carbocycles. The lowest BCUT2D eigenvalue weighted by Gasteiger charge is -2.30. The van der Waals surface area contributed by atoms with E-state index in [0.29, 0.717) is 9.65 Å². The minimum atomic E-state index is -0.390. The standard InChI is InChI=1S/C9H14Br2O2/c1-9(2)12-7-3-5(10)6(11)4-8(7)13-9/h5-8H,3-4H2,1-2H3/t5-,6-,7-,8-/m0/s1. The van der Waals surface area contributed by atoms with Gasteiger partial charge in [0, 0.05) is 9.65 Å².